The lowest BCUT2D eigenvalue weighted by Gasteiger charge is -2.18. The van der Waals surface area contributed by atoms with Crippen molar-refractivity contribution in [2.75, 3.05) is 0 Å². The third-order valence-electron chi connectivity index (χ3n) is 2.53. The highest BCUT2D eigenvalue weighted by Crippen LogP contribution is 2.26. The Balaban J connectivity index is 2.51. The van der Waals surface area contributed by atoms with E-state index in [0.717, 1.165) is 11.1 Å². The number of fused-ring (bicyclic) bond motifs is 1. The molecule has 2 aromatic rings. The molecule has 1 aromatic heterocycles. The number of rotatable bonds is 1. The van der Waals surface area contributed by atoms with Gasteiger partial charge in [-0.15, -0.1) is 0 Å². The molecule has 0 aliphatic rings. The van der Waals surface area contributed by atoms with Gasteiger partial charge in [0, 0.05) is 0 Å². The summed E-state index contributed by atoms with van der Waals surface area (Å²) in [5, 5.41) is 8.58. The molecule has 1 heterocycles. The van der Waals surface area contributed by atoms with Crippen LogP contribution < -0.4 is 0 Å². The summed E-state index contributed by atoms with van der Waals surface area (Å²) in [4.78, 5) is 4.29. The average Bonchev–Trinajstić information content (AvgIpc) is 2.57. The lowest BCUT2D eigenvalue weighted by molar-refractivity contribution is 0.548. The van der Waals surface area contributed by atoms with Crippen LogP contribution in [0.4, 0.5) is 0 Å². The van der Waals surface area contributed by atoms with Crippen LogP contribution in [0.2, 0.25) is 0 Å². The Bertz CT molecular complexity index is 555. The van der Waals surface area contributed by atoms with E-state index >= 15 is 0 Å². The minimum Gasteiger partial charge on any atom is -0.440 e. The van der Waals surface area contributed by atoms with E-state index in [2.05, 4.69) is 25.8 Å². The molecule has 0 amide bonds. The van der Waals surface area contributed by atoms with Gasteiger partial charge >= 0.3 is 0 Å². The fourth-order valence-corrected chi connectivity index (χ4v) is 1.58. The molecular formula is C13H14N2O. The van der Waals surface area contributed by atoms with Gasteiger partial charge in [-0.05, 0) is 23.1 Å². The predicted octanol–water partition coefficient (Wildman–Crippen LogP) is 3.19. The second kappa shape index (κ2) is 3.64. The van der Waals surface area contributed by atoms with Crippen LogP contribution in [0.5, 0.6) is 0 Å². The van der Waals surface area contributed by atoms with Gasteiger partial charge in [-0.3, -0.25) is 0 Å². The van der Waals surface area contributed by atoms with Gasteiger partial charge in [0.05, 0.1) is 6.07 Å². The number of nitriles is 1. The van der Waals surface area contributed by atoms with Crippen LogP contribution in [0.3, 0.4) is 0 Å². The van der Waals surface area contributed by atoms with Gasteiger partial charge < -0.3 is 4.42 Å². The molecule has 0 bridgehead atoms. The zero-order chi connectivity index (χ0) is 11.8. The highest BCUT2D eigenvalue weighted by atomic mass is 16.3. The molecule has 0 aliphatic carbocycles. The molecule has 0 N–H and O–H groups in total. The first-order valence-corrected chi connectivity index (χ1v) is 5.27. The number of hydrogen-bond donors (Lipinski definition) is 0. The number of hydrogen-bond acceptors (Lipinski definition) is 3. The molecule has 0 atom stereocenters. The van der Waals surface area contributed by atoms with E-state index < -0.39 is 0 Å². The normalized spacial score (nSPS) is 11.6. The van der Waals surface area contributed by atoms with Crippen molar-refractivity contribution < 1.29 is 4.42 Å². The van der Waals surface area contributed by atoms with Gasteiger partial charge in [0.1, 0.15) is 11.9 Å². The molecule has 0 spiro atoms. The van der Waals surface area contributed by atoms with Crippen LogP contribution in [0.1, 0.15) is 32.2 Å². The molecule has 2 rings (SSSR count). The zero-order valence-electron chi connectivity index (χ0n) is 9.74. The second-order valence-corrected chi connectivity index (χ2v) is 4.87. The second-order valence-electron chi connectivity index (χ2n) is 4.87. The summed E-state index contributed by atoms with van der Waals surface area (Å²) >= 11 is 0. The molecule has 3 nitrogen and oxygen atoms in total. The van der Waals surface area contributed by atoms with Crippen LogP contribution in [-0.4, -0.2) is 4.98 Å². The Kier molecular flexibility index (Phi) is 2.43. The standard InChI is InChI=1S/C13H14N2O/c1-13(2,3)9-4-5-11-10(8-9)15-12(16-11)6-7-14/h4-5,8H,6H2,1-3H3. The van der Waals surface area contributed by atoms with Crippen molar-refractivity contribution in [2.45, 2.75) is 32.6 Å². The Morgan fingerprint density at radius 3 is 2.75 bits per heavy atom. The van der Waals surface area contributed by atoms with Crippen LogP contribution in [-0.2, 0) is 11.8 Å². The van der Waals surface area contributed by atoms with Gasteiger partial charge in [0.25, 0.3) is 0 Å². The smallest absolute Gasteiger partial charge is 0.209 e. The number of benzene rings is 1. The average molecular weight is 214 g/mol. The van der Waals surface area contributed by atoms with Gasteiger partial charge in [-0.2, -0.15) is 5.26 Å². The van der Waals surface area contributed by atoms with Crippen molar-refractivity contribution >= 4 is 11.1 Å². The summed E-state index contributed by atoms with van der Waals surface area (Å²) in [6.07, 6.45) is 0.222. The first kappa shape index (κ1) is 10.7. The van der Waals surface area contributed by atoms with Crippen LogP contribution in [0.15, 0.2) is 22.6 Å². The highest BCUT2D eigenvalue weighted by Gasteiger charge is 2.15. The van der Waals surface area contributed by atoms with E-state index in [4.69, 9.17) is 9.68 Å². The monoisotopic (exact) mass is 214 g/mol. The summed E-state index contributed by atoms with van der Waals surface area (Å²) in [6.45, 7) is 6.47. The van der Waals surface area contributed by atoms with Crippen molar-refractivity contribution in [2.24, 2.45) is 0 Å². The first-order valence-electron chi connectivity index (χ1n) is 5.27. The van der Waals surface area contributed by atoms with Gasteiger partial charge in [0.2, 0.25) is 5.89 Å². The Labute approximate surface area is 94.7 Å². The molecule has 0 saturated heterocycles. The van der Waals surface area contributed by atoms with Gasteiger partial charge in [0.15, 0.2) is 5.58 Å². The Hall–Kier alpha value is -1.82. The predicted molar refractivity (Wildman–Crippen MR) is 62.0 cm³/mol. The van der Waals surface area contributed by atoms with E-state index in [1.54, 1.807) is 0 Å². The molecule has 1 aromatic carbocycles. The Morgan fingerprint density at radius 1 is 1.38 bits per heavy atom. The highest BCUT2D eigenvalue weighted by molar-refractivity contribution is 5.73. The quantitative estimate of drug-likeness (QED) is 0.732. The molecule has 0 aliphatic heterocycles. The summed E-state index contributed by atoms with van der Waals surface area (Å²) in [7, 11) is 0. The number of aromatic nitrogens is 1. The van der Waals surface area contributed by atoms with Crippen molar-refractivity contribution in [1.29, 1.82) is 5.26 Å². The van der Waals surface area contributed by atoms with E-state index in [-0.39, 0.29) is 11.8 Å². The summed E-state index contributed by atoms with van der Waals surface area (Å²) < 4.78 is 5.44. The van der Waals surface area contributed by atoms with E-state index in [1.807, 2.05) is 24.3 Å². The largest absolute Gasteiger partial charge is 0.440 e. The van der Waals surface area contributed by atoms with Crippen molar-refractivity contribution in [3.05, 3.63) is 29.7 Å². The minimum atomic E-state index is 0.0997. The fraction of sp³-hybridized carbons (Fsp3) is 0.385. The number of nitrogens with zero attached hydrogens (tertiary/aromatic N) is 2. The molecule has 0 unspecified atom stereocenters. The van der Waals surface area contributed by atoms with Gasteiger partial charge in [-0.25, -0.2) is 4.98 Å². The SMILES string of the molecule is CC(C)(C)c1ccc2oc(CC#N)nc2c1. The molecule has 16 heavy (non-hydrogen) atoms. The summed E-state index contributed by atoms with van der Waals surface area (Å²) in [5.74, 6) is 0.489. The van der Waals surface area contributed by atoms with E-state index in [1.165, 1.54) is 5.56 Å². The molecule has 0 saturated carbocycles. The first-order chi connectivity index (χ1) is 7.50. The van der Waals surface area contributed by atoms with Crippen molar-refractivity contribution in [3.8, 4) is 6.07 Å². The van der Waals surface area contributed by atoms with E-state index in [0.29, 0.717) is 5.89 Å². The third-order valence-corrected chi connectivity index (χ3v) is 2.53. The van der Waals surface area contributed by atoms with E-state index in [9.17, 15) is 0 Å². The Morgan fingerprint density at radius 2 is 2.12 bits per heavy atom. The number of oxazole rings is 1. The lowest BCUT2D eigenvalue weighted by Crippen LogP contribution is -2.10. The maximum Gasteiger partial charge on any atom is 0.209 e. The van der Waals surface area contributed by atoms with Gasteiger partial charge in [-0.1, -0.05) is 26.8 Å². The van der Waals surface area contributed by atoms with Crippen LogP contribution in [0, 0.1) is 11.3 Å². The van der Waals surface area contributed by atoms with Crippen molar-refractivity contribution in [3.63, 3.8) is 0 Å². The third kappa shape index (κ3) is 1.92. The molecule has 0 fully saturated rings. The van der Waals surface area contributed by atoms with Crippen LogP contribution in [0.25, 0.3) is 11.1 Å². The molecule has 82 valence electrons. The zero-order valence-corrected chi connectivity index (χ0v) is 9.74. The summed E-state index contributed by atoms with van der Waals surface area (Å²) in [6, 6.07) is 8.03. The molecule has 0 radical (unpaired) electrons. The minimum absolute atomic E-state index is 0.0997. The fourth-order valence-electron chi connectivity index (χ4n) is 1.58. The molecular weight excluding hydrogens is 200 g/mol. The maximum atomic E-state index is 8.58. The van der Waals surface area contributed by atoms with Crippen LogP contribution >= 0.6 is 0 Å². The topological polar surface area (TPSA) is 49.8 Å². The maximum absolute atomic E-state index is 8.58. The van der Waals surface area contributed by atoms with Crippen molar-refractivity contribution in [1.82, 2.24) is 4.98 Å². The lowest BCUT2D eigenvalue weighted by atomic mass is 9.87. The summed E-state index contributed by atoms with van der Waals surface area (Å²) in [5.41, 5.74) is 2.90. The molecule has 3 heteroatoms.